The van der Waals surface area contributed by atoms with E-state index < -0.39 is 15.7 Å². The predicted octanol–water partition coefficient (Wildman–Crippen LogP) is 3.74. The average Bonchev–Trinajstić information content (AvgIpc) is 3.50. The maximum atomic E-state index is 13.2. The molecule has 0 aliphatic rings. The summed E-state index contributed by atoms with van der Waals surface area (Å²) in [4.78, 5) is 16.3. The zero-order valence-electron chi connectivity index (χ0n) is 17.4. The molecule has 0 saturated heterocycles. The van der Waals surface area contributed by atoms with Gasteiger partial charge in [0, 0.05) is 10.9 Å². The molecule has 2 heterocycles. The lowest BCUT2D eigenvalue weighted by atomic mass is 10.1. The molecule has 2 aromatic heterocycles. The van der Waals surface area contributed by atoms with E-state index >= 15 is 0 Å². The number of aromatic amines is 2. The molecule has 0 spiro atoms. The van der Waals surface area contributed by atoms with Gasteiger partial charge in [0.2, 0.25) is 15.7 Å². The van der Waals surface area contributed by atoms with E-state index in [2.05, 4.69) is 30.9 Å². The topological polar surface area (TPSA) is 133 Å². The average molecular weight is 459 g/mol. The van der Waals surface area contributed by atoms with Gasteiger partial charge in [0.1, 0.15) is 5.69 Å². The zero-order chi connectivity index (χ0) is 23.0. The number of hydrogen-bond donors (Lipinski definition) is 3. The number of nitrogens with one attached hydrogen (secondary N) is 3. The minimum Gasteiger partial charge on any atom is -0.349 e. The molecule has 3 aromatic carbocycles. The Kier molecular flexibility index (Phi) is 4.98. The number of para-hydroxylation sites is 1. The van der Waals surface area contributed by atoms with Crippen LogP contribution in [0.25, 0.3) is 22.3 Å². The Morgan fingerprint density at radius 3 is 2.55 bits per heavy atom. The highest BCUT2D eigenvalue weighted by Gasteiger charge is 2.22. The lowest BCUT2D eigenvalue weighted by Crippen LogP contribution is -2.13. The fourth-order valence-corrected chi connectivity index (χ4v) is 5.08. The van der Waals surface area contributed by atoms with E-state index in [-0.39, 0.29) is 15.5 Å². The van der Waals surface area contributed by atoms with Crippen molar-refractivity contribution < 1.29 is 13.2 Å². The Labute approximate surface area is 188 Å². The molecule has 10 heteroatoms. The molecule has 9 nitrogen and oxygen atoms in total. The number of nitrogens with zero attached hydrogens (tertiary/aromatic N) is 3. The Hall–Kier alpha value is -4.31. The third-order valence-corrected chi connectivity index (χ3v) is 7.03. The highest BCUT2D eigenvalue weighted by molar-refractivity contribution is 7.91. The maximum absolute atomic E-state index is 13.2. The van der Waals surface area contributed by atoms with Crippen molar-refractivity contribution in [2.24, 2.45) is 0 Å². The largest absolute Gasteiger partial charge is 0.349 e. The molecule has 5 rings (SSSR count). The van der Waals surface area contributed by atoms with E-state index in [1.807, 2.05) is 19.1 Å². The second-order valence-corrected chi connectivity index (χ2v) is 9.38. The van der Waals surface area contributed by atoms with Crippen molar-refractivity contribution in [1.82, 2.24) is 25.6 Å². The molecule has 0 fully saturated rings. The summed E-state index contributed by atoms with van der Waals surface area (Å²) in [5.41, 5.74) is 2.67. The predicted molar refractivity (Wildman–Crippen MR) is 122 cm³/mol. The SMILES string of the molecule is Cc1ccc(NC(=O)c2cc3cccc(S(=O)(=O)c4ccccc4)c3[nH]2)c(-c2nn[nH]n2)c1. The number of amides is 1. The van der Waals surface area contributed by atoms with Gasteiger partial charge in [-0.25, -0.2) is 8.42 Å². The number of carbonyl (C=O) groups is 1. The van der Waals surface area contributed by atoms with Gasteiger partial charge in [-0.05, 0) is 48.5 Å². The van der Waals surface area contributed by atoms with E-state index in [9.17, 15) is 13.2 Å². The number of tetrazole rings is 1. The molecule has 0 unspecified atom stereocenters. The highest BCUT2D eigenvalue weighted by atomic mass is 32.2. The molecule has 0 aliphatic heterocycles. The fourth-order valence-electron chi connectivity index (χ4n) is 3.62. The van der Waals surface area contributed by atoms with Gasteiger partial charge >= 0.3 is 0 Å². The third-order valence-electron chi connectivity index (χ3n) is 5.22. The van der Waals surface area contributed by atoms with Gasteiger partial charge in [0.25, 0.3) is 5.91 Å². The van der Waals surface area contributed by atoms with Crippen LogP contribution >= 0.6 is 0 Å². The molecule has 0 atom stereocenters. The number of carbonyl (C=O) groups excluding carboxylic acids is 1. The number of benzene rings is 3. The molecule has 5 aromatic rings. The first-order valence-corrected chi connectivity index (χ1v) is 11.5. The summed E-state index contributed by atoms with van der Waals surface area (Å²) in [5, 5.41) is 17.4. The van der Waals surface area contributed by atoms with Crippen LogP contribution < -0.4 is 5.32 Å². The Morgan fingerprint density at radius 2 is 1.79 bits per heavy atom. The summed E-state index contributed by atoms with van der Waals surface area (Å²) in [5.74, 6) is -0.0789. The molecule has 0 saturated carbocycles. The molecule has 3 N–H and O–H groups in total. The smallest absolute Gasteiger partial charge is 0.272 e. The summed E-state index contributed by atoms with van der Waals surface area (Å²) in [6.45, 7) is 1.92. The van der Waals surface area contributed by atoms with E-state index in [0.717, 1.165) is 5.56 Å². The van der Waals surface area contributed by atoms with E-state index in [4.69, 9.17) is 0 Å². The lowest BCUT2D eigenvalue weighted by molar-refractivity contribution is 0.102. The van der Waals surface area contributed by atoms with Gasteiger partial charge in [0.15, 0.2) is 0 Å². The van der Waals surface area contributed by atoms with Crippen LogP contribution in [0.5, 0.6) is 0 Å². The summed E-state index contributed by atoms with van der Waals surface area (Å²) in [6.07, 6.45) is 0. The first-order valence-electron chi connectivity index (χ1n) is 10.0. The minimum absolute atomic E-state index is 0.105. The van der Waals surface area contributed by atoms with Crippen LogP contribution in [0.2, 0.25) is 0 Å². The number of H-pyrrole nitrogens is 2. The van der Waals surface area contributed by atoms with Gasteiger partial charge < -0.3 is 10.3 Å². The molecular weight excluding hydrogens is 440 g/mol. The van der Waals surface area contributed by atoms with Gasteiger partial charge in [-0.3, -0.25) is 4.79 Å². The van der Waals surface area contributed by atoms with Crippen molar-refractivity contribution in [2.45, 2.75) is 16.7 Å². The normalized spacial score (nSPS) is 11.5. The van der Waals surface area contributed by atoms with Crippen molar-refractivity contribution >= 4 is 32.3 Å². The van der Waals surface area contributed by atoms with Crippen LogP contribution in [0, 0.1) is 6.92 Å². The van der Waals surface area contributed by atoms with Crippen molar-refractivity contribution in [3.05, 3.63) is 84.1 Å². The second-order valence-electron chi connectivity index (χ2n) is 7.46. The van der Waals surface area contributed by atoms with Crippen molar-refractivity contribution in [1.29, 1.82) is 0 Å². The number of anilines is 1. The molecule has 0 radical (unpaired) electrons. The van der Waals surface area contributed by atoms with Gasteiger partial charge in [-0.15, -0.1) is 10.2 Å². The van der Waals surface area contributed by atoms with Crippen LogP contribution in [-0.4, -0.2) is 39.9 Å². The van der Waals surface area contributed by atoms with E-state index in [1.54, 1.807) is 54.6 Å². The van der Waals surface area contributed by atoms with Crippen LogP contribution in [-0.2, 0) is 9.84 Å². The molecule has 0 aliphatic carbocycles. The standard InChI is InChI=1S/C23H18N6O3S/c1-14-10-11-18(17(12-14)22-26-28-29-27-22)25-23(30)19-13-15-6-5-9-20(21(15)24-19)33(31,32)16-7-3-2-4-8-16/h2-13,24H,1H3,(H,25,30)(H,26,27,28,29). The first-order chi connectivity index (χ1) is 15.9. The van der Waals surface area contributed by atoms with E-state index in [0.29, 0.717) is 28.0 Å². The Bertz CT molecular complexity index is 1580. The number of aryl methyl sites for hydroxylation is 1. The maximum Gasteiger partial charge on any atom is 0.272 e. The molecule has 164 valence electrons. The van der Waals surface area contributed by atoms with Crippen LogP contribution in [0.15, 0.2) is 82.6 Å². The first kappa shape index (κ1) is 20.6. The number of aromatic nitrogens is 5. The number of hydrogen-bond acceptors (Lipinski definition) is 6. The lowest BCUT2D eigenvalue weighted by Gasteiger charge is -2.09. The van der Waals surface area contributed by atoms with Gasteiger partial charge in [-0.2, -0.15) is 5.21 Å². The number of fused-ring (bicyclic) bond motifs is 1. The molecule has 33 heavy (non-hydrogen) atoms. The van der Waals surface area contributed by atoms with Crippen LogP contribution in [0.4, 0.5) is 5.69 Å². The molecule has 0 bridgehead atoms. The number of rotatable bonds is 5. The van der Waals surface area contributed by atoms with E-state index in [1.165, 1.54) is 6.07 Å². The number of sulfone groups is 1. The highest BCUT2D eigenvalue weighted by Crippen LogP contribution is 2.30. The van der Waals surface area contributed by atoms with Crippen molar-refractivity contribution in [3.8, 4) is 11.4 Å². The van der Waals surface area contributed by atoms with Crippen molar-refractivity contribution in [3.63, 3.8) is 0 Å². The zero-order valence-corrected chi connectivity index (χ0v) is 18.2. The Balaban J connectivity index is 1.53. The summed E-state index contributed by atoms with van der Waals surface area (Å²) < 4.78 is 26.4. The van der Waals surface area contributed by atoms with Crippen LogP contribution in [0.3, 0.4) is 0 Å². The van der Waals surface area contributed by atoms with Crippen LogP contribution in [0.1, 0.15) is 16.1 Å². The Morgan fingerprint density at radius 1 is 0.970 bits per heavy atom. The summed E-state index contributed by atoms with van der Waals surface area (Å²) in [7, 11) is -3.77. The minimum atomic E-state index is -3.77. The van der Waals surface area contributed by atoms with Gasteiger partial charge in [0.05, 0.1) is 21.0 Å². The molecule has 1 amide bonds. The molecular formula is C23H18N6O3S. The third kappa shape index (κ3) is 3.76. The summed E-state index contributed by atoms with van der Waals surface area (Å²) >= 11 is 0. The monoisotopic (exact) mass is 458 g/mol. The fraction of sp³-hybridized carbons (Fsp3) is 0.0435. The second kappa shape index (κ2) is 7.99. The van der Waals surface area contributed by atoms with Crippen molar-refractivity contribution in [2.75, 3.05) is 5.32 Å². The quantitative estimate of drug-likeness (QED) is 0.367. The van der Waals surface area contributed by atoms with Gasteiger partial charge in [-0.1, -0.05) is 42.0 Å². The summed E-state index contributed by atoms with van der Waals surface area (Å²) in [6, 6.07) is 20.2.